The summed E-state index contributed by atoms with van der Waals surface area (Å²) in [7, 11) is 0. The summed E-state index contributed by atoms with van der Waals surface area (Å²) in [4.78, 5) is 0. The Morgan fingerprint density at radius 3 is 1.68 bits per heavy atom. The van der Waals surface area contributed by atoms with E-state index in [-0.39, 0.29) is 0 Å². The van der Waals surface area contributed by atoms with Gasteiger partial charge in [-0.2, -0.15) is 0 Å². The summed E-state index contributed by atoms with van der Waals surface area (Å²) >= 11 is 0. The van der Waals surface area contributed by atoms with Gasteiger partial charge in [-0.25, -0.2) is 0 Å². The number of benzene rings is 2. The lowest BCUT2D eigenvalue weighted by atomic mass is 9.90. The molecule has 0 bridgehead atoms. The topological polar surface area (TPSA) is 12.0 Å². The van der Waals surface area contributed by atoms with Crippen LogP contribution in [-0.2, 0) is 25.7 Å². The Hall–Kier alpha value is -1.76. The first kappa shape index (κ1) is 13.9. The second-order valence-electron chi connectivity index (χ2n) is 6.78. The Morgan fingerprint density at radius 1 is 0.545 bits per heavy atom. The first-order chi connectivity index (χ1) is 10.9. The molecule has 0 radical (unpaired) electrons. The standard InChI is InChI=1S/C21H25N/c1-2-8-16-10-6-14-20(18(16)12-3-1)22-21-15-7-11-17-9-4-5-13-19(17)21/h6-7,10-11,14-15,22H,1-5,8-9,12-13H2. The van der Waals surface area contributed by atoms with E-state index in [2.05, 4.69) is 41.7 Å². The molecule has 4 rings (SSSR count). The van der Waals surface area contributed by atoms with Crippen molar-refractivity contribution < 1.29 is 0 Å². The van der Waals surface area contributed by atoms with Gasteiger partial charge in [0.1, 0.15) is 0 Å². The van der Waals surface area contributed by atoms with E-state index in [0.717, 1.165) is 0 Å². The van der Waals surface area contributed by atoms with Gasteiger partial charge in [-0.3, -0.25) is 0 Å². The highest BCUT2D eigenvalue weighted by molar-refractivity contribution is 5.69. The van der Waals surface area contributed by atoms with E-state index in [1.165, 1.54) is 69.2 Å². The predicted octanol–water partition coefficient (Wildman–Crippen LogP) is 5.58. The quantitative estimate of drug-likeness (QED) is 0.712. The van der Waals surface area contributed by atoms with Crippen molar-refractivity contribution in [2.45, 2.75) is 57.8 Å². The van der Waals surface area contributed by atoms with Crippen molar-refractivity contribution in [2.24, 2.45) is 0 Å². The van der Waals surface area contributed by atoms with Crippen LogP contribution in [-0.4, -0.2) is 0 Å². The van der Waals surface area contributed by atoms with E-state index >= 15 is 0 Å². The molecule has 0 atom stereocenters. The minimum absolute atomic E-state index is 1.23. The molecule has 2 aromatic carbocycles. The lowest BCUT2D eigenvalue weighted by molar-refractivity contribution is 0.687. The fourth-order valence-electron chi connectivity index (χ4n) is 4.12. The third-order valence-corrected chi connectivity index (χ3v) is 5.31. The normalized spacial score (nSPS) is 17.3. The van der Waals surface area contributed by atoms with Crippen molar-refractivity contribution in [3.63, 3.8) is 0 Å². The molecule has 0 unspecified atom stereocenters. The average molecular weight is 291 g/mol. The van der Waals surface area contributed by atoms with Crippen LogP contribution in [0.3, 0.4) is 0 Å². The number of rotatable bonds is 2. The van der Waals surface area contributed by atoms with Gasteiger partial charge in [-0.15, -0.1) is 0 Å². The molecule has 0 saturated carbocycles. The minimum atomic E-state index is 1.23. The molecule has 2 aliphatic carbocycles. The van der Waals surface area contributed by atoms with Crippen LogP contribution in [0.1, 0.15) is 54.4 Å². The number of nitrogens with one attached hydrogen (secondary N) is 1. The van der Waals surface area contributed by atoms with Crippen LogP contribution in [0.2, 0.25) is 0 Å². The number of aryl methyl sites for hydroxylation is 2. The zero-order chi connectivity index (χ0) is 14.8. The summed E-state index contributed by atoms with van der Waals surface area (Å²) in [6, 6.07) is 13.6. The summed E-state index contributed by atoms with van der Waals surface area (Å²) in [6.07, 6.45) is 11.7. The molecule has 0 fully saturated rings. The maximum Gasteiger partial charge on any atom is 0.0419 e. The molecule has 0 aromatic heterocycles. The van der Waals surface area contributed by atoms with Crippen molar-refractivity contribution in [3.05, 3.63) is 58.7 Å². The third kappa shape index (κ3) is 2.65. The Kier molecular flexibility index (Phi) is 3.88. The monoisotopic (exact) mass is 291 g/mol. The van der Waals surface area contributed by atoms with Gasteiger partial charge in [-0.1, -0.05) is 30.7 Å². The van der Waals surface area contributed by atoms with Crippen LogP contribution in [0.15, 0.2) is 36.4 Å². The molecule has 0 amide bonds. The van der Waals surface area contributed by atoms with Crippen molar-refractivity contribution >= 4 is 11.4 Å². The fourth-order valence-corrected chi connectivity index (χ4v) is 4.12. The molecule has 0 aliphatic heterocycles. The highest BCUT2D eigenvalue weighted by Gasteiger charge is 2.15. The van der Waals surface area contributed by atoms with E-state index < -0.39 is 0 Å². The van der Waals surface area contributed by atoms with Gasteiger partial charge in [0.2, 0.25) is 0 Å². The van der Waals surface area contributed by atoms with Crippen molar-refractivity contribution in [1.29, 1.82) is 0 Å². The van der Waals surface area contributed by atoms with Crippen LogP contribution in [0.5, 0.6) is 0 Å². The second kappa shape index (κ2) is 6.16. The summed E-state index contributed by atoms with van der Waals surface area (Å²) < 4.78 is 0. The lowest BCUT2D eigenvalue weighted by Crippen LogP contribution is -2.07. The van der Waals surface area contributed by atoms with Crippen LogP contribution in [0, 0.1) is 0 Å². The fraction of sp³-hybridized carbons (Fsp3) is 0.429. The maximum absolute atomic E-state index is 3.79. The summed E-state index contributed by atoms with van der Waals surface area (Å²) in [5.41, 5.74) is 8.92. The van der Waals surface area contributed by atoms with Gasteiger partial charge in [0.05, 0.1) is 0 Å². The molecule has 0 heterocycles. The Morgan fingerprint density at radius 2 is 1.05 bits per heavy atom. The molecule has 2 aliphatic rings. The van der Waals surface area contributed by atoms with Gasteiger partial charge in [0.15, 0.2) is 0 Å². The van der Waals surface area contributed by atoms with Crippen molar-refractivity contribution in [1.82, 2.24) is 0 Å². The zero-order valence-electron chi connectivity index (χ0n) is 13.3. The molecule has 22 heavy (non-hydrogen) atoms. The Balaban J connectivity index is 1.70. The number of anilines is 2. The summed E-state index contributed by atoms with van der Waals surface area (Å²) in [6.45, 7) is 0. The second-order valence-corrected chi connectivity index (χ2v) is 6.78. The molecule has 2 aromatic rings. The lowest BCUT2D eigenvalue weighted by Gasteiger charge is -2.22. The van der Waals surface area contributed by atoms with Gasteiger partial charge in [-0.05, 0) is 85.8 Å². The predicted molar refractivity (Wildman–Crippen MR) is 94.1 cm³/mol. The molecule has 1 nitrogen and oxygen atoms in total. The van der Waals surface area contributed by atoms with Gasteiger partial charge in [0.25, 0.3) is 0 Å². The van der Waals surface area contributed by atoms with Crippen LogP contribution >= 0.6 is 0 Å². The highest BCUT2D eigenvalue weighted by atomic mass is 14.9. The minimum Gasteiger partial charge on any atom is -0.355 e. The van der Waals surface area contributed by atoms with E-state index in [4.69, 9.17) is 0 Å². The zero-order valence-corrected chi connectivity index (χ0v) is 13.3. The average Bonchev–Trinajstić information content (AvgIpc) is 2.81. The molecule has 1 heteroatoms. The Labute approximate surface area is 133 Å². The Bertz CT molecular complexity index is 672. The van der Waals surface area contributed by atoms with E-state index in [0.29, 0.717) is 0 Å². The van der Waals surface area contributed by atoms with Crippen molar-refractivity contribution in [2.75, 3.05) is 5.32 Å². The van der Waals surface area contributed by atoms with Crippen LogP contribution in [0.4, 0.5) is 11.4 Å². The first-order valence-electron chi connectivity index (χ1n) is 8.90. The molecule has 114 valence electrons. The largest absolute Gasteiger partial charge is 0.355 e. The van der Waals surface area contributed by atoms with E-state index in [9.17, 15) is 0 Å². The molecular weight excluding hydrogens is 266 g/mol. The van der Waals surface area contributed by atoms with Gasteiger partial charge < -0.3 is 5.32 Å². The van der Waals surface area contributed by atoms with E-state index in [1.54, 1.807) is 22.3 Å². The first-order valence-corrected chi connectivity index (χ1v) is 8.90. The highest BCUT2D eigenvalue weighted by Crippen LogP contribution is 2.33. The number of fused-ring (bicyclic) bond motifs is 2. The van der Waals surface area contributed by atoms with Crippen molar-refractivity contribution in [3.8, 4) is 0 Å². The van der Waals surface area contributed by atoms with Crippen LogP contribution < -0.4 is 5.32 Å². The molecule has 0 saturated heterocycles. The van der Waals surface area contributed by atoms with E-state index in [1.807, 2.05) is 0 Å². The van der Waals surface area contributed by atoms with Crippen LogP contribution in [0.25, 0.3) is 0 Å². The summed E-state index contributed by atoms with van der Waals surface area (Å²) in [5.74, 6) is 0. The molecule has 1 N–H and O–H groups in total. The van der Waals surface area contributed by atoms with Gasteiger partial charge >= 0.3 is 0 Å². The smallest absolute Gasteiger partial charge is 0.0419 e. The SMILES string of the molecule is c1cc2c(c(Nc3cccc4c3CCCC4)c1)CCCCC2. The number of hydrogen-bond donors (Lipinski definition) is 1. The summed E-state index contributed by atoms with van der Waals surface area (Å²) in [5, 5.41) is 3.79. The molecular formula is C21H25N. The number of hydrogen-bond acceptors (Lipinski definition) is 1. The third-order valence-electron chi connectivity index (χ3n) is 5.31. The maximum atomic E-state index is 3.79. The molecule has 0 spiro atoms. The van der Waals surface area contributed by atoms with Gasteiger partial charge in [0, 0.05) is 11.4 Å².